The molecule has 1 heterocycles. The fraction of sp³-hybridized carbons (Fsp3) is 0.375. The normalized spacial score (nSPS) is 10.8. The highest BCUT2D eigenvalue weighted by molar-refractivity contribution is 7.15. The van der Waals surface area contributed by atoms with Crippen molar-refractivity contribution in [1.29, 1.82) is 0 Å². The smallest absolute Gasteiger partial charge is 0.303 e. The molecule has 2 aromatic rings. The molecule has 0 atom stereocenters. The van der Waals surface area contributed by atoms with Gasteiger partial charge >= 0.3 is 5.97 Å². The molecule has 2 rings (SSSR count). The van der Waals surface area contributed by atoms with Crippen LogP contribution in [0.2, 0.25) is 5.02 Å². The van der Waals surface area contributed by atoms with Crippen LogP contribution in [0.1, 0.15) is 37.1 Å². The minimum absolute atomic E-state index is 0.202. The van der Waals surface area contributed by atoms with Crippen LogP contribution in [0.4, 0.5) is 0 Å². The standard InChI is InChI=1S/C16H18ClNO3S/c17-11-7-8-13(19)12(9-11)14-10-18-15(22-14)5-3-1-2-4-6-16(20)21/h7-10,19H,1-6H2,(H,20,21). The second-order valence-electron chi connectivity index (χ2n) is 5.09. The number of carboxylic acid groups (broad SMARTS) is 1. The summed E-state index contributed by atoms with van der Waals surface area (Å²) in [4.78, 5) is 15.7. The molecule has 2 N–H and O–H groups in total. The lowest BCUT2D eigenvalue weighted by Gasteiger charge is -2.01. The Morgan fingerprint density at radius 3 is 2.77 bits per heavy atom. The summed E-state index contributed by atoms with van der Waals surface area (Å²) in [5.41, 5.74) is 0.706. The Hall–Kier alpha value is -1.59. The minimum Gasteiger partial charge on any atom is -0.507 e. The number of carboxylic acids is 1. The number of nitrogens with zero attached hydrogens (tertiary/aromatic N) is 1. The monoisotopic (exact) mass is 339 g/mol. The van der Waals surface area contributed by atoms with Crippen molar-refractivity contribution >= 4 is 28.9 Å². The van der Waals surface area contributed by atoms with Crippen molar-refractivity contribution in [2.45, 2.75) is 38.5 Å². The molecule has 0 amide bonds. The van der Waals surface area contributed by atoms with Crippen LogP contribution in [0.25, 0.3) is 10.4 Å². The van der Waals surface area contributed by atoms with Crippen LogP contribution in [0.3, 0.4) is 0 Å². The van der Waals surface area contributed by atoms with Crippen molar-refractivity contribution in [3.05, 3.63) is 34.4 Å². The summed E-state index contributed by atoms with van der Waals surface area (Å²) in [7, 11) is 0. The molecule has 0 spiro atoms. The summed E-state index contributed by atoms with van der Waals surface area (Å²) >= 11 is 7.51. The number of thiazole rings is 1. The van der Waals surface area contributed by atoms with E-state index >= 15 is 0 Å². The number of aromatic hydroxyl groups is 1. The first-order chi connectivity index (χ1) is 10.6. The molecule has 0 fully saturated rings. The van der Waals surface area contributed by atoms with E-state index < -0.39 is 5.97 Å². The Balaban J connectivity index is 1.84. The van der Waals surface area contributed by atoms with Crippen LogP contribution in [-0.2, 0) is 11.2 Å². The fourth-order valence-corrected chi connectivity index (χ4v) is 3.32. The van der Waals surface area contributed by atoms with Gasteiger partial charge in [0, 0.05) is 23.2 Å². The maximum atomic E-state index is 10.4. The second-order valence-corrected chi connectivity index (χ2v) is 6.64. The Labute approximate surface area is 138 Å². The molecule has 0 radical (unpaired) electrons. The molecule has 0 unspecified atom stereocenters. The number of hydrogen-bond donors (Lipinski definition) is 2. The Bertz CT molecular complexity index is 642. The van der Waals surface area contributed by atoms with E-state index in [4.69, 9.17) is 16.7 Å². The van der Waals surface area contributed by atoms with Gasteiger partial charge in [0.15, 0.2) is 0 Å². The Morgan fingerprint density at radius 2 is 2.00 bits per heavy atom. The molecule has 6 heteroatoms. The number of halogens is 1. The van der Waals surface area contributed by atoms with E-state index in [1.807, 2.05) is 0 Å². The number of rotatable bonds is 8. The number of phenolic OH excluding ortho intramolecular Hbond substituents is 1. The molecule has 0 saturated heterocycles. The van der Waals surface area contributed by atoms with Crippen LogP contribution in [-0.4, -0.2) is 21.2 Å². The molecule has 1 aromatic carbocycles. The van der Waals surface area contributed by atoms with Crippen LogP contribution >= 0.6 is 22.9 Å². The summed E-state index contributed by atoms with van der Waals surface area (Å²) in [5.74, 6) is -0.529. The molecule has 0 aliphatic rings. The van der Waals surface area contributed by atoms with Crippen molar-refractivity contribution in [3.8, 4) is 16.2 Å². The van der Waals surface area contributed by atoms with E-state index in [1.165, 1.54) is 0 Å². The van der Waals surface area contributed by atoms with Crippen molar-refractivity contribution < 1.29 is 15.0 Å². The molecule has 0 saturated carbocycles. The highest BCUT2D eigenvalue weighted by Crippen LogP contribution is 2.35. The van der Waals surface area contributed by atoms with E-state index in [2.05, 4.69) is 4.98 Å². The van der Waals surface area contributed by atoms with Gasteiger partial charge in [0.1, 0.15) is 5.75 Å². The van der Waals surface area contributed by atoms with Crippen molar-refractivity contribution in [1.82, 2.24) is 4.98 Å². The molecule has 22 heavy (non-hydrogen) atoms. The van der Waals surface area contributed by atoms with Crippen molar-refractivity contribution in [2.24, 2.45) is 0 Å². The predicted octanol–water partition coefficient (Wildman–Crippen LogP) is 4.75. The fourth-order valence-electron chi connectivity index (χ4n) is 2.16. The van der Waals surface area contributed by atoms with Gasteiger partial charge < -0.3 is 10.2 Å². The maximum Gasteiger partial charge on any atom is 0.303 e. The number of hydrogen-bond acceptors (Lipinski definition) is 4. The number of benzene rings is 1. The summed E-state index contributed by atoms with van der Waals surface area (Å²) in [5, 5.41) is 20.1. The maximum absolute atomic E-state index is 10.4. The highest BCUT2D eigenvalue weighted by Gasteiger charge is 2.09. The Kier molecular flexibility index (Phi) is 6.21. The zero-order valence-corrected chi connectivity index (χ0v) is 13.7. The summed E-state index contributed by atoms with van der Waals surface area (Å²) < 4.78 is 0. The zero-order valence-electron chi connectivity index (χ0n) is 12.1. The van der Waals surface area contributed by atoms with Gasteiger partial charge in [0.2, 0.25) is 0 Å². The van der Waals surface area contributed by atoms with E-state index in [1.54, 1.807) is 35.7 Å². The second kappa shape index (κ2) is 8.15. The van der Waals surface area contributed by atoms with Crippen LogP contribution in [0.5, 0.6) is 5.75 Å². The predicted molar refractivity (Wildman–Crippen MR) is 88.6 cm³/mol. The van der Waals surface area contributed by atoms with Crippen LogP contribution in [0.15, 0.2) is 24.4 Å². The van der Waals surface area contributed by atoms with Gasteiger partial charge in [-0.3, -0.25) is 4.79 Å². The van der Waals surface area contributed by atoms with Crippen LogP contribution in [0, 0.1) is 0 Å². The first kappa shape index (κ1) is 16.8. The van der Waals surface area contributed by atoms with Gasteiger partial charge in [0.05, 0.1) is 9.88 Å². The van der Waals surface area contributed by atoms with E-state index in [-0.39, 0.29) is 12.2 Å². The number of unbranched alkanes of at least 4 members (excludes halogenated alkanes) is 3. The zero-order chi connectivity index (χ0) is 15.9. The summed E-state index contributed by atoms with van der Waals surface area (Å²) in [6, 6.07) is 4.97. The molecule has 0 bridgehead atoms. The van der Waals surface area contributed by atoms with Gasteiger partial charge in [-0.2, -0.15) is 0 Å². The number of carbonyl (C=O) groups is 1. The summed E-state index contributed by atoms with van der Waals surface area (Å²) in [6.45, 7) is 0. The molecule has 1 aromatic heterocycles. The summed E-state index contributed by atoms with van der Waals surface area (Å²) in [6.07, 6.45) is 6.54. The van der Waals surface area contributed by atoms with Crippen molar-refractivity contribution in [2.75, 3.05) is 0 Å². The molecular formula is C16H18ClNO3S. The molecule has 4 nitrogen and oxygen atoms in total. The van der Waals surface area contributed by atoms with Crippen molar-refractivity contribution in [3.63, 3.8) is 0 Å². The third-order valence-electron chi connectivity index (χ3n) is 3.31. The molecule has 0 aliphatic carbocycles. The average Bonchev–Trinajstić information content (AvgIpc) is 2.93. The van der Waals surface area contributed by atoms with E-state index in [9.17, 15) is 9.90 Å². The number of aryl methyl sites for hydroxylation is 1. The van der Waals surface area contributed by atoms with Crippen LogP contribution < -0.4 is 0 Å². The third-order valence-corrected chi connectivity index (χ3v) is 4.63. The number of phenols is 1. The lowest BCUT2D eigenvalue weighted by atomic mass is 10.1. The van der Waals surface area contributed by atoms with E-state index in [0.29, 0.717) is 10.6 Å². The largest absolute Gasteiger partial charge is 0.507 e. The van der Waals surface area contributed by atoms with E-state index in [0.717, 1.165) is 42.0 Å². The lowest BCUT2D eigenvalue weighted by Crippen LogP contribution is -1.93. The molecular weight excluding hydrogens is 322 g/mol. The van der Waals surface area contributed by atoms with Gasteiger partial charge in [-0.15, -0.1) is 11.3 Å². The SMILES string of the molecule is O=C(O)CCCCCCc1ncc(-c2cc(Cl)ccc2O)s1. The van der Waals surface area contributed by atoms with Gasteiger partial charge in [-0.1, -0.05) is 24.4 Å². The number of aromatic nitrogens is 1. The van der Waals surface area contributed by atoms with Gasteiger partial charge in [0.25, 0.3) is 0 Å². The third kappa shape index (κ3) is 5.00. The highest BCUT2D eigenvalue weighted by atomic mass is 35.5. The first-order valence-electron chi connectivity index (χ1n) is 7.21. The number of aliphatic carboxylic acids is 1. The minimum atomic E-state index is -0.731. The van der Waals surface area contributed by atoms with Gasteiger partial charge in [-0.05, 0) is 37.5 Å². The first-order valence-corrected chi connectivity index (χ1v) is 8.41. The van der Waals surface area contributed by atoms with Gasteiger partial charge in [-0.25, -0.2) is 4.98 Å². The topological polar surface area (TPSA) is 70.4 Å². The Morgan fingerprint density at radius 1 is 1.23 bits per heavy atom. The molecule has 0 aliphatic heterocycles. The molecule has 118 valence electrons. The lowest BCUT2D eigenvalue weighted by molar-refractivity contribution is -0.137. The average molecular weight is 340 g/mol. The quantitative estimate of drug-likeness (QED) is 0.681.